The summed E-state index contributed by atoms with van der Waals surface area (Å²) in [5, 5.41) is 4.98. The Kier molecular flexibility index (Phi) is 5.76. The molecular formula is C15H26N4O3. The van der Waals surface area contributed by atoms with E-state index in [9.17, 15) is 14.4 Å². The van der Waals surface area contributed by atoms with Gasteiger partial charge in [0.2, 0.25) is 11.8 Å². The summed E-state index contributed by atoms with van der Waals surface area (Å²) in [6.45, 7) is 7.42. The van der Waals surface area contributed by atoms with Gasteiger partial charge in [-0.15, -0.1) is 0 Å². The third-order valence-electron chi connectivity index (χ3n) is 3.90. The van der Waals surface area contributed by atoms with Gasteiger partial charge in [0, 0.05) is 38.6 Å². The summed E-state index contributed by atoms with van der Waals surface area (Å²) >= 11 is 0. The quantitative estimate of drug-likeness (QED) is 0.750. The molecule has 2 rings (SSSR count). The number of carbonyl (C=O) groups excluding carboxylic acids is 3. The van der Waals surface area contributed by atoms with Gasteiger partial charge in [-0.25, -0.2) is 4.79 Å². The van der Waals surface area contributed by atoms with Gasteiger partial charge in [0.05, 0.1) is 6.54 Å². The van der Waals surface area contributed by atoms with Crippen molar-refractivity contribution in [2.75, 3.05) is 39.3 Å². The molecule has 2 aliphatic rings. The molecule has 7 nitrogen and oxygen atoms in total. The number of nitrogens with zero attached hydrogens (tertiary/aromatic N) is 2. The van der Waals surface area contributed by atoms with Gasteiger partial charge < -0.3 is 10.2 Å². The predicted octanol–water partition coefficient (Wildman–Crippen LogP) is 0.0224. The van der Waals surface area contributed by atoms with Gasteiger partial charge in [0.25, 0.3) is 0 Å². The van der Waals surface area contributed by atoms with Crippen LogP contribution in [-0.2, 0) is 9.59 Å². The van der Waals surface area contributed by atoms with Crippen molar-refractivity contribution in [2.24, 2.45) is 11.8 Å². The molecule has 0 atom stereocenters. The highest BCUT2D eigenvalue weighted by Gasteiger charge is 2.34. The van der Waals surface area contributed by atoms with Gasteiger partial charge in [0.15, 0.2) is 0 Å². The minimum atomic E-state index is -0.443. The van der Waals surface area contributed by atoms with E-state index in [2.05, 4.69) is 10.6 Å². The average Bonchev–Trinajstić information content (AvgIpc) is 3.29. The van der Waals surface area contributed by atoms with Crippen molar-refractivity contribution in [3.63, 3.8) is 0 Å². The lowest BCUT2D eigenvalue weighted by atomic mass is 10.2. The Bertz CT molecular complexity index is 427. The number of carbonyl (C=O) groups is 3. The fraction of sp³-hybridized carbons (Fsp3) is 0.800. The second-order valence-electron chi connectivity index (χ2n) is 6.53. The maximum Gasteiger partial charge on any atom is 0.321 e. The largest absolute Gasteiger partial charge is 0.340 e. The zero-order valence-electron chi connectivity index (χ0n) is 13.4. The van der Waals surface area contributed by atoms with E-state index in [0.717, 1.165) is 12.8 Å². The van der Waals surface area contributed by atoms with Crippen LogP contribution in [-0.4, -0.2) is 66.9 Å². The third-order valence-corrected chi connectivity index (χ3v) is 3.90. The SMILES string of the molecule is CC(C)CNC(=O)NC(=O)CN1CCN(C(=O)C2CC2)CC1. The summed E-state index contributed by atoms with van der Waals surface area (Å²) in [5.41, 5.74) is 0. The van der Waals surface area contributed by atoms with Crippen LogP contribution in [0.1, 0.15) is 26.7 Å². The third kappa shape index (κ3) is 5.29. The lowest BCUT2D eigenvalue weighted by molar-refractivity contribution is -0.134. The van der Waals surface area contributed by atoms with E-state index in [1.807, 2.05) is 23.6 Å². The molecule has 0 unspecified atom stereocenters. The van der Waals surface area contributed by atoms with Crippen molar-refractivity contribution in [2.45, 2.75) is 26.7 Å². The maximum absolute atomic E-state index is 11.9. The van der Waals surface area contributed by atoms with E-state index in [1.54, 1.807) is 0 Å². The van der Waals surface area contributed by atoms with Crippen molar-refractivity contribution in [3.8, 4) is 0 Å². The number of nitrogens with one attached hydrogen (secondary N) is 2. The molecule has 1 heterocycles. The molecule has 124 valence electrons. The molecule has 1 aliphatic heterocycles. The van der Waals surface area contributed by atoms with Crippen molar-refractivity contribution in [1.82, 2.24) is 20.4 Å². The Morgan fingerprint density at radius 3 is 2.27 bits per heavy atom. The molecule has 1 aliphatic carbocycles. The molecule has 0 bridgehead atoms. The first-order chi connectivity index (χ1) is 10.5. The minimum absolute atomic E-state index is 0.195. The van der Waals surface area contributed by atoms with Crippen LogP contribution in [0.15, 0.2) is 0 Å². The molecule has 7 heteroatoms. The highest BCUT2D eigenvalue weighted by molar-refractivity contribution is 5.95. The first kappa shape index (κ1) is 16.7. The molecule has 2 N–H and O–H groups in total. The molecule has 2 fully saturated rings. The number of amides is 4. The zero-order chi connectivity index (χ0) is 16.1. The summed E-state index contributed by atoms with van der Waals surface area (Å²) < 4.78 is 0. The number of imide groups is 1. The highest BCUT2D eigenvalue weighted by Crippen LogP contribution is 2.31. The molecule has 1 saturated carbocycles. The molecule has 0 aromatic heterocycles. The van der Waals surface area contributed by atoms with E-state index in [0.29, 0.717) is 38.6 Å². The second-order valence-corrected chi connectivity index (χ2v) is 6.53. The standard InChI is InChI=1S/C15H26N4O3/c1-11(2)9-16-15(22)17-13(20)10-18-5-7-19(8-6-18)14(21)12-3-4-12/h11-12H,3-10H2,1-2H3,(H2,16,17,20,22). The Labute approximate surface area is 131 Å². The second kappa shape index (κ2) is 7.58. The molecule has 4 amide bonds. The fourth-order valence-corrected chi connectivity index (χ4v) is 2.43. The van der Waals surface area contributed by atoms with Gasteiger partial charge in [-0.2, -0.15) is 0 Å². The summed E-state index contributed by atoms with van der Waals surface area (Å²) in [6.07, 6.45) is 2.04. The van der Waals surface area contributed by atoms with Crippen LogP contribution in [0.2, 0.25) is 0 Å². The monoisotopic (exact) mass is 310 g/mol. The zero-order valence-corrected chi connectivity index (χ0v) is 13.4. The average molecular weight is 310 g/mol. The normalized spacial score (nSPS) is 19.1. The Hall–Kier alpha value is -1.63. The molecule has 0 aromatic rings. The van der Waals surface area contributed by atoms with Crippen LogP contribution in [0.3, 0.4) is 0 Å². The van der Waals surface area contributed by atoms with Crippen molar-refractivity contribution < 1.29 is 14.4 Å². The van der Waals surface area contributed by atoms with E-state index in [1.165, 1.54) is 0 Å². The molecular weight excluding hydrogens is 284 g/mol. The van der Waals surface area contributed by atoms with Crippen LogP contribution in [0, 0.1) is 11.8 Å². The van der Waals surface area contributed by atoms with Crippen molar-refractivity contribution >= 4 is 17.8 Å². The fourth-order valence-electron chi connectivity index (χ4n) is 2.43. The summed E-state index contributed by atoms with van der Waals surface area (Å²) in [5.74, 6) is 0.554. The molecule has 22 heavy (non-hydrogen) atoms. The molecule has 0 radical (unpaired) electrons. The van der Waals surface area contributed by atoms with E-state index in [4.69, 9.17) is 0 Å². The number of hydrogen-bond donors (Lipinski definition) is 2. The minimum Gasteiger partial charge on any atom is -0.340 e. The highest BCUT2D eigenvalue weighted by atomic mass is 16.2. The van der Waals surface area contributed by atoms with Crippen molar-refractivity contribution in [1.29, 1.82) is 0 Å². The maximum atomic E-state index is 11.9. The molecule has 1 saturated heterocycles. The van der Waals surface area contributed by atoms with E-state index in [-0.39, 0.29) is 24.3 Å². The smallest absolute Gasteiger partial charge is 0.321 e. The predicted molar refractivity (Wildman–Crippen MR) is 82.1 cm³/mol. The van der Waals surface area contributed by atoms with Crippen molar-refractivity contribution in [3.05, 3.63) is 0 Å². The van der Waals surface area contributed by atoms with Crippen LogP contribution < -0.4 is 10.6 Å². The first-order valence-corrected chi connectivity index (χ1v) is 8.04. The summed E-state index contributed by atoms with van der Waals surface area (Å²) in [4.78, 5) is 39.1. The number of piperazine rings is 1. The van der Waals surface area contributed by atoms with Gasteiger partial charge in [-0.3, -0.25) is 19.8 Å². The lowest BCUT2D eigenvalue weighted by Crippen LogP contribution is -2.52. The van der Waals surface area contributed by atoms with Gasteiger partial charge in [-0.05, 0) is 18.8 Å². The summed E-state index contributed by atoms with van der Waals surface area (Å²) in [7, 11) is 0. The Morgan fingerprint density at radius 2 is 1.73 bits per heavy atom. The topological polar surface area (TPSA) is 81.8 Å². The van der Waals surface area contributed by atoms with E-state index < -0.39 is 6.03 Å². The van der Waals surface area contributed by atoms with Gasteiger partial charge in [-0.1, -0.05) is 13.8 Å². The van der Waals surface area contributed by atoms with Crippen LogP contribution >= 0.6 is 0 Å². The van der Waals surface area contributed by atoms with E-state index >= 15 is 0 Å². The lowest BCUT2D eigenvalue weighted by Gasteiger charge is -2.34. The van der Waals surface area contributed by atoms with Crippen LogP contribution in [0.5, 0.6) is 0 Å². The Balaban J connectivity index is 1.63. The number of rotatable bonds is 5. The van der Waals surface area contributed by atoms with Gasteiger partial charge >= 0.3 is 6.03 Å². The first-order valence-electron chi connectivity index (χ1n) is 8.04. The number of hydrogen-bond acceptors (Lipinski definition) is 4. The van der Waals surface area contributed by atoms with Crippen LogP contribution in [0.25, 0.3) is 0 Å². The molecule has 0 aromatic carbocycles. The Morgan fingerprint density at radius 1 is 1.09 bits per heavy atom. The summed E-state index contributed by atoms with van der Waals surface area (Å²) in [6, 6.07) is -0.443. The number of urea groups is 1. The molecule has 0 spiro atoms. The van der Waals surface area contributed by atoms with Gasteiger partial charge in [0.1, 0.15) is 0 Å². The van der Waals surface area contributed by atoms with Crippen LogP contribution in [0.4, 0.5) is 4.79 Å².